The predicted octanol–water partition coefficient (Wildman–Crippen LogP) is 1.97. The Hall–Kier alpha value is -1.03. The number of nitrogens with one attached hydrogen (secondary N) is 1. The fourth-order valence-corrected chi connectivity index (χ4v) is 1.06. The van der Waals surface area contributed by atoms with Gasteiger partial charge in [0.15, 0.2) is 0 Å². The molecular formula is C10H17ClN4. The van der Waals surface area contributed by atoms with Crippen LogP contribution in [0.1, 0.15) is 13.8 Å². The standard InChI is InChI=1S/C10H17ClN4/c1-7(11)8(2)13-9-5-6-12-10(14-9)15(3)4/h5-8H,1-4H3,(H,12,13,14). The van der Waals surface area contributed by atoms with Crippen LogP contribution >= 0.6 is 11.6 Å². The first-order valence-electron chi connectivity index (χ1n) is 4.91. The number of rotatable bonds is 4. The minimum absolute atomic E-state index is 0.0581. The first-order valence-corrected chi connectivity index (χ1v) is 5.35. The van der Waals surface area contributed by atoms with Crippen molar-refractivity contribution in [1.82, 2.24) is 9.97 Å². The van der Waals surface area contributed by atoms with Crippen molar-refractivity contribution >= 4 is 23.4 Å². The molecule has 0 amide bonds. The van der Waals surface area contributed by atoms with E-state index in [1.807, 2.05) is 38.9 Å². The van der Waals surface area contributed by atoms with Gasteiger partial charge in [-0.05, 0) is 19.9 Å². The molecule has 1 aromatic rings. The summed E-state index contributed by atoms with van der Waals surface area (Å²) in [5.41, 5.74) is 0. The molecule has 1 heterocycles. The second-order valence-electron chi connectivity index (χ2n) is 3.75. The van der Waals surface area contributed by atoms with Crippen LogP contribution in [0.2, 0.25) is 0 Å². The molecule has 0 spiro atoms. The highest BCUT2D eigenvalue weighted by atomic mass is 35.5. The third kappa shape index (κ3) is 3.55. The van der Waals surface area contributed by atoms with Crippen LogP contribution in [0.5, 0.6) is 0 Å². The van der Waals surface area contributed by atoms with E-state index in [0.29, 0.717) is 5.95 Å². The smallest absolute Gasteiger partial charge is 0.226 e. The molecule has 1 aromatic heterocycles. The maximum Gasteiger partial charge on any atom is 0.226 e. The highest BCUT2D eigenvalue weighted by Gasteiger charge is 2.09. The van der Waals surface area contributed by atoms with Crippen LogP contribution < -0.4 is 10.2 Å². The largest absolute Gasteiger partial charge is 0.366 e. The lowest BCUT2D eigenvalue weighted by Gasteiger charge is -2.17. The number of anilines is 2. The van der Waals surface area contributed by atoms with Crippen molar-refractivity contribution in [3.8, 4) is 0 Å². The number of alkyl halides is 1. The fourth-order valence-electron chi connectivity index (χ4n) is 0.992. The summed E-state index contributed by atoms with van der Waals surface area (Å²) in [6, 6.07) is 2.01. The molecule has 0 bridgehead atoms. The van der Waals surface area contributed by atoms with Gasteiger partial charge in [0.2, 0.25) is 5.95 Å². The second-order valence-corrected chi connectivity index (χ2v) is 4.44. The summed E-state index contributed by atoms with van der Waals surface area (Å²) in [5.74, 6) is 1.49. The van der Waals surface area contributed by atoms with Crippen LogP contribution in [0.15, 0.2) is 12.3 Å². The van der Waals surface area contributed by atoms with Gasteiger partial charge >= 0.3 is 0 Å². The van der Waals surface area contributed by atoms with Crippen molar-refractivity contribution in [1.29, 1.82) is 0 Å². The summed E-state index contributed by atoms with van der Waals surface area (Å²) in [5, 5.41) is 3.28. The third-order valence-corrected chi connectivity index (χ3v) is 2.49. The Balaban J connectivity index is 2.73. The zero-order valence-electron chi connectivity index (χ0n) is 9.53. The van der Waals surface area contributed by atoms with Crippen molar-refractivity contribution in [3.05, 3.63) is 12.3 Å². The van der Waals surface area contributed by atoms with Gasteiger partial charge in [-0.25, -0.2) is 4.98 Å². The predicted molar refractivity (Wildman–Crippen MR) is 64.8 cm³/mol. The number of hydrogen-bond acceptors (Lipinski definition) is 4. The normalized spacial score (nSPS) is 14.5. The van der Waals surface area contributed by atoms with Crippen molar-refractivity contribution in [2.24, 2.45) is 0 Å². The van der Waals surface area contributed by atoms with E-state index in [1.54, 1.807) is 6.20 Å². The van der Waals surface area contributed by atoms with Crippen molar-refractivity contribution in [2.75, 3.05) is 24.3 Å². The van der Waals surface area contributed by atoms with E-state index in [2.05, 4.69) is 15.3 Å². The van der Waals surface area contributed by atoms with Gasteiger partial charge in [-0.2, -0.15) is 4.98 Å². The first kappa shape index (κ1) is 12.0. The van der Waals surface area contributed by atoms with E-state index in [0.717, 1.165) is 5.82 Å². The van der Waals surface area contributed by atoms with E-state index in [4.69, 9.17) is 11.6 Å². The van der Waals surface area contributed by atoms with E-state index >= 15 is 0 Å². The fraction of sp³-hybridized carbons (Fsp3) is 0.600. The number of halogens is 1. The van der Waals surface area contributed by atoms with Gasteiger partial charge < -0.3 is 10.2 Å². The van der Waals surface area contributed by atoms with Crippen molar-refractivity contribution < 1.29 is 0 Å². The number of hydrogen-bond donors (Lipinski definition) is 1. The zero-order chi connectivity index (χ0) is 11.4. The second kappa shape index (κ2) is 5.16. The maximum absolute atomic E-state index is 5.96. The summed E-state index contributed by atoms with van der Waals surface area (Å²) in [7, 11) is 3.82. The summed E-state index contributed by atoms with van der Waals surface area (Å²) in [6.45, 7) is 3.97. The molecule has 0 aliphatic carbocycles. The summed E-state index contributed by atoms with van der Waals surface area (Å²) in [6.07, 6.45) is 1.73. The SMILES string of the molecule is CC(Cl)C(C)Nc1ccnc(N(C)C)n1. The molecule has 0 saturated carbocycles. The molecule has 5 heteroatoms. The van der Waals surface area contributed by atoms with E-state index in [9.17, 15) is 0 Å². The van der Waals surface area contributed by atoms with Gasteiger partial charge in [0.25, 0.3) is 0 Å². The van der Waals surface area contributed by atoms with E-state index < -0.39 is 0 Å². The highest BCUT2D eigenvalue weighted by molar-refractivity contribution is 6.20. The molecule has 2 unspecified atom stereocenters. The summed E-state index contributed by atoms with van der Waals surface area (Å²) >= 11 is 5.96. The molecule has 84 valence electrons. The molecule has 0 aliphatic heterocycles. The van der Waals surface area contributed by atoms with Crippen LogP contribution in [-0.4, -0.2) is 35.5 Å². The Morgan fingerprint density at radius 3 is 2.60 bits per heavy atom. The van der Waals surface area contributed by atoms with Crippen LogP contribution in [-0.2, 0) is 0 Å². The minimum atomic E-state index is 0.0581. The lowest BCUT2D eigenvalue weighted by atomic mass is 10.2. The molecular weight excluding hydrogens is 212 g/mol. The van der Waals surface area contributed by atoms with Crippen LogP contribution in [0.3, 0.4) is 0 Å². The summed E-state index contributed by atoms with van der Waals surface area (Å²) in [4.78, 5) is 10.3. The molecule has 0 saturated heterocycles. The number of aromatic nitrogens is 2. The van der Waals surface area contributed by atoms with Crippen molar-refractivity contribution in [3.63, 3.8) is 0 Å². The van der Waals surface area contributed by atoms with Crippen LogP contribution in [0, 0.1) is 0 Å². The molecule has 2 atom stereocenters. The molecule has 4 nitrogen and oxygen atoms in total. The molecule has 0 aliphatic rings. The van der Waals surface area contributed by atoms with E-state index in [-0.39, 0.29) is 11.4 Å². The highest BCUT2D eigenvalue weighted by Crippen LogP contribution is 2.11. The van der Waals surface area contributed by atoms with Crippen molar-refractivity contribution in [2.45, 2.75) is 25.3 Å². The lowest BCUT2D eigenvalue weighted by molar-refractivity contribution is 0.766. The molecule has 0 aromatic carbocycles. The average Bonchev–Trinajstić information content (AvgIpc) is 2.18. The van der Waals surface area contributed by atoms with E-state index in [1.165, 1.54) is 0 Å². The van der Waals surface area contributed by atoms with Gasteiger partial charge in [-0.1, -0.05) is 0 Å². The zero-order valence-corrected chi connectivity index (χ0v) is 10.3. The summed E-state index contributed by atoms with van der Waals surface area (Å²) < 4.78 is 0. The Morgan fingerprint density at radius 1 is 1.40 bits per heavy atom. The maximum atomic E-state index is 5.96. The monoisotopic (exact) mass is 228 g/mol. The Kier molecular flexibility index (Phi) is 4.15. The minimum Gasteiger partial charge on any atom is -0.366 e. The quantitative estimate of drug-likeness (QED) is 0.801. The van der Waals surface area contributed by atoms with Crippen LogP contribution in [0.25, 0.3) is 0 Å². The Labute approximate surface area is 95.7 Å². The third-order valence-electron chi connectivity index (χ3n) is 2.11. The number of nitrogens with zero attached hydrogens (tertiary/aromatic N) is 3. The van der Waals surface area contributed by atoms with Gasteiger partial charge in [-0.15, -0.1) is 11.6 Å². The molecule has 1 rings (SSSR count). The topological polar surface area (TPSA) is 41.1 Å². The van der Waals surface area contributed by atoms with Gasteiger partial charge in [-0.3, -0.25) is 0 Å². The first-order chi connectivity index (χ1) is 7.00. The average molecular weight is 229 g/mol. The Morgan fingerprint density at radius 2 is 2.07 bits per heavy atom. The van der Waals surface area contributed by atoms with Gasteiger partial charge in [0.05, 0.1) is 5.38 Å². The molecule has 0 radical (unpaired) electrons. The molecule has 0 fully saturated rings. The van der Waals surface area contributed by atoms with Gasteiger partial charge in [0.1, 0.15) is 5.82 Å². The lowest BCUT2D eigenvalue weighted by Crippen LogP contribution is -2.25. The van der Waals surface area contributed by atoms with Gasteiger partial charge in [0, 0.05) is 26.3 Å². The molecule has 1 N–H and O–H groups in total. The van der Waals surface area contributed by atoms with Crippen LogP contribution in [0.4, 0.5) is 11.8 Å². The Bertz CT molecular complexity index is 314. The molecule has 15 heavy (non-hydrogen) atoms.